The van der Waals surface area contributed by atoms with Gasteiger partial charge in [-0.25, -0.2) is 4.39 Å². The largest absolute Gasteiger partial charge is 0.497 e. The van der Waals surface area contributed by atoms with Gasteiger partial charge in [0.25, 0.3) is 0 Å². The van der Waals surface area contributed by atoms with Crippen molar-refractivity contribution in [2.75, 3.05) is 24.3 Å². The number of anilines is 2. The molecule has 3 nitrogen and oxygen atoms in total. The van der Waals surface area contributed by atoms with Crippen LogP contribution >= 0.6 is 0 Å². The summed E-state index contributed by atoms with van der Waals surface area (Å²) in [5.41, 5.74) is 9.74. The Morgan fingerprint density at radius 3 is 2.90 bits per heavy atom. The van der Waals surface area contributed by atoms with E-state index in [1.165, 1.54) is 18.7 Å². The van der Waals surface area contributed by atoms with E-state index in [0.29, 0.717) is 17.9 Å². The lowest BCUT2D eigenvalue weighted by Crippen LogP contribution is -2.21. The van der Waals surface area contributed by atoms with E-state index in [9.17, 15) is 4.39 Å². The zero-order valence-electron chi connectivity index (χ0n) is 11.4. The number of nitrogens with two attached hydrogens (primary N) is 1. The minimum absolute atomic E-state index is 0.243. The molecule has 4 heteroatoms. The highest BCUT2D eigenvalue weighted by molar-refractivity contribution is 5.74. The molecule has 2 N–H and O–H groups in total. The monoisotopic (exact) mass is 272 g/mol. The van der Waals surface area contributed by atoms with E-state index < -0.39 is 0 Å². The minimum Gasteiger partial charge on any atom is -0.497 e. The topological polar surface area (TPSA) is 38.5 Å². The molecular formula is C16H17FN2O. The molecule has 0 saturated heterocycles. The van der Waals surface area contributed by atoms with E-state index >= 15 is 0 Å². The third-order valence-electron chi connectivity index (χ3n) is 3.74. The maximum atomic E-state index is 14.0. The number of halogens is 1. The number of hydrogen-bond acceptors (Lipinski definition) is 3. The number of ether oxygens (including phenoxy) is 1. The molecule has 0 fully saturated rings. The normalized spacial score (nSPS) is 13.4. The van der Waals surface area contributed by atoms with E-state index in [0.717, 1.165) is 24.3 Å². The first-order valence-corrected chi connectivity index (χ1v) is 6.64. The van der Waals surface area contributed by atoms with Crippen molar-refractivity contribution in [3.05, 3.63) is 53.3 Å². The van der Waals surface area contributed by atoms with Crippen LogP contribution in [0.5, 0.6) is 5.75 Å². The number of nitrogens with zero attached hydrogens (tertiary/aromatic N) is 1. The molecule has 0 amide bonds. The maximum absolute atomic E-state index is 14.0. The third-order valence-corrected chi connectivity index (χ3v) is 3.74. The fourth-order valence-electron chi connectivity index (χ4n) is 2.71. The molecule has 0 spiro atoms. The van der Waals surface area contributed by atoms with Gasteiger partial charge >= 0.3 is 0 Å². The Balaban J connectivity index is 1.88. The Bertz CT molecular complexity index is 642. The fourth-order valence-corrected chi connectivity index (χ4v) is 2.71. The van der Waals surface area contributed by atoms with Crippen molar-refractivity contribution in [3.8, 4) is 5.75 Å². The molecule has 2 aromatic carbocycles. The van der Waals surface area contributed by atoms with Crippen molar-refractivity contribution in [2.45, 2.75) is 13.0 Å². The Hall–Kier alpha value is -2.23. The number of fused-ring (bicyclic) bond motifs is 1. The lowest BCUT2D eigenvalue weighted by molar-refractivity contribution is 0.410. The maximum Gasteiger partial charge on any atom is 0.131 e. The highest BCUT2D eigenvalue weighted by Gasteiger charge is 2.22. The number of benzene rings is 2. The standard InChI is InChI=1S/C16H17FN2O/c1-20-13-6-5-12(14(17)9-13)10-19-8-7-11-3-2-4-15(18)16(11)19/h2-6,9H,7-8,10,18H2,1H3. The first-order valence-electron chi connectivity index (χ1n) is 6.64. The molecule has 3 rings (SSSR count). The Labute approximate surface area is 117 Å². The van der Waals surface area contributed by atoms with Gasteiger partial charge in [-0.15, -0.1) is 0 Å². The first-order chi connectivity index (χ1) is 9.69. The lowest BCUT2D eigenvalue weighted by atomic mass is 10.1. The summed E-state index contributed by atoms with van der Waals surface area (Å²) in [5, 5.41) is 0. The average molecular weight is 272 g/mol. The van der Waals surface area contributed by atoms with Crippen LogP contribution in [0, 0.1) is 5.82 Å². The van der Waals surface area contributed by atoms with E-state index in [1.54, 1.807) is 12.1 Å². The predicted molar refractivity (Wildman–Crippen MR) is 78.6 cm³/mol. The van der Waals surface area contributed by atoms with Gasteiger partial charge in [0.2, 0.25) is 0 Å². The van der Waals surface area contributed by atoms with Crippen LogP contribution in [-0.2, 0) is 13.0 Å². The van der Waals surface area contributed by atoms with Crippen LogP contribution in [0.4, 0.5) is 15.8 Å². The van der Waals surface area contributed by atoms with Crippen LogP contribution in [0.3, 0.4) is 0 Å². The average Bonchev–Trinajstić information content (AvgIpc) is 2.85. The molecule has 20 heavy (non-hydrogen) atoms. The van der Waals surface area contributed by atoms with Crippen molar-refractivity contribution in [2.24, 2.45) is 0 Å². The fraction of sp³-hybridized carbons (Fsp3) is 0.250. The predicted octanol–water partition coefficient (Wildman–Crippen LogP) is 2.98. The SMILES string of the molecule is COc1ccc(CN2CCc3cccc(N)c32)c(F)c1. The van der Waals surface area contributed by atoms with Crippen LogP contribution in [0.1, 0.15) is 11.1 Å². The van der Waals surface area contributed by atoms with E-state index in [1.807, 2.05) is 12.1 Å². The van der Waals surface area contributed by atoms with Crippen LogP contribution in [0.15, 0.2) is 36.4 Å². The van der Waals surface area contributed by atoms with Gasteiger partial charge in [-0.05, 0) is 24.1 Å². The smallest absolute Gasteiger partial charge is 0.131 e. The lowest BCUT2D eigenvalue weighted by Gasteiger charge is -2.21. The van der Waals surface area contributed by atoms with Gasteiger partial charge in [0.05, 0.1) is 18.5 Å². The minimum atomic E-state index is -0.243. The molecule has 1 aliphatic rings. The van der Waals surface area contributed by atoms with Crippen molar-refractivity contribution < 1.29 is 9.13 Å². The number of rotatable bonds is 3. The van der Waals surface area contributed by atoms with Gasteiger partial charge in [-0.2, -0.15) is 0 Å². The number of para-hydroxylation sites is 1. The van der Waals surface area contributed by atoms with Crippen molar-refractivity contribution >= 4 is 11.4 Å². The summed E-state index contributed by atoms with van der Waals surface area (Å²) in [6.45, 7) is 1.39. The number of hydrogen-bond donors (Lipinski definition) is 1. The van der Waals surface area contributed by atoms with Crippen LogP contribution in [0.2, 0.25) is 0 Å². The zero-order chi connectivity index (χ0) is 14.1. The molecule has 0 aliphatic carbocycles. The van der Waals surface area contributed by atoms with Crippen LogP contribution in [0.25, 0.3) is 0 Å². The van der Waals surface area contributed by atoms with E-state index in [2.05, 4.69) is 11.0 Å². The molecule has 0 unspecified atom stereocenters. The van der Waals surface area contributed by atoms with Gasteiger partial charge in [-0.1, -0.05) is 18.2 Å². The second-order valence-corrected chi connectivity index (χ2v) is 4.98. The number of nitrogen functional groups attached to an aromatic ring is 1. The van der Waals surface area contributed by atoms with E-state index in [-0.39, 0.29) is 5.82 Å². The van der Waals surface area contributed by atoms with Crippen LogP contribution in [-0.4, -0.2) is 13.7 Å². The van der Waals surface area contributed by atoms with Gasteiger partial charge in [0.15, 0.2) is 0 Å². The molecule has 0 bridgehead atoms. The molecule has 1 aliphatic heterocycles. The van der Waals surface area contributed by atoms with Gasteiger partial charge in [-0.3, -0.25) is 0 Å². The molecule has 0 aromatic heterocycles. The second-order valence-electron chi connectivity index (χ2n) is 4.98. The quantitative estimate of drug-likeness (QED) is 0.873. The van der Waals surface area contributed by atoms with Gasteiger partial charge < -0.3 is 15.4 Å². The molecule has 0 radical (unpaired) electrons. The van der Waals surface area contributed by atoms with Gasteiger partial charge in [0, 0.05) is 24.7 Å². The summed E-state index contributed by atoms with van der Waals surface area (Å²) in [4.78, 5) is 2.13. The summed E-state index contributed by atoms with van der Waals surface area (Å²) >= 11 is 0. The summed E-state index contributed by atoms with van der Waals surface area (Å²) in [7, 11) is 1.53. The highest BCUT2D eigenvalue weighted by Crippen LogP contribution is 2.35. The summed E-state index contributed by atoms with van der Waals surface area (Å²) in [5.74, 6) is 0.292. The first kappa shape index (κ1) is 12.8. The van der Waals surface area contributed by atoms with Gasteiger partial charge in [0.1, 0.15) is 11.6 Å². The van der Waals surface area contributed by atoms with Crippen molar-refractivity contribution in [3.63, 3.8) is 0 Å². The Morgan fingerprint density at radius 2 is 2.15 bits per heavy atom. The molecule has 1 heterocycles. The van der Waals surface area contributed by atoms with E-state index in [4.69, 9.17) is 10.5 Å². The Kier molecular flexibility index (Phi) is 3.22. The zero-order valence-corrected chi connectivity index (χ0v) is 11.4. The van der Waals surface area contributed by atoms with Crippen molar-refractivity contribution in [1.29, 1.82) is 0 Å². The summed E-state index contributed by atoms with van der Waals surface area (Å²) in [6.07, 6.45) is 0.956. The molecule has 0 saturated carbocycles. The molecule has 104 valence electrons. The molecule has 2 aromatic rings. The molecule has 0 atom stereocenters. The molecular weight excluding hydrogens is 255 g/mol. The third kappa shape index (κ3) is 2.18. The Morgan fingerprint density at radius 1 is 1.30 bits per heavy atom. The summed E-state index contributed by atoms with van der Waals surface area (Å²) < 4.78 is 19.1. The highest BCUT2D eigenvalue weighted by atomic mass is 19.1. The van der Waals surface area contributed by atoms with Crippen LogP contribution < -0.4 is 15.4 Å². The van der Waals surface area contributed by atoms with Crippen molar-refractivity contribution in [1.82, 2.24) is 0 Å². The second kappa shape index (κ2) is 5.04. The summed E-state index contributed by atoms with van der Waals surface area (Å²) in [6, 6.07) is 10.9. The number of methoxy groups -OCH3 is 1.